The summed E-state index contributed by atoms with van der Waals surface area (Å²) in [6, 6.07) is 9.33. The van der Waals surface area contributed by atoms with Crippen molar-refractivity contribution in [3.8, 4) is 17.2 Å². The highest BCUT2D eigenvalue weighted by Crippen LogP contribution is 2.35. The fraction of sp³-hybridized carbons (Fsp3) is 0.278. The van der Waals surface area contributed by atoms with Gasteiger partial charge in [-0.1, -0.05) is 12.1 Å². The largest absolute Gasteiger partial charge is 0.493 e. The van der Waals surface area contributed by atoms with Gasteiger partial charge in [-0.3, -0.25) is 14.9 Å². The van der Waals surface area contributed by atoms with Crippen LogP contribution in [0.2, 0.25) is 0 Å². The average Bonchev–Trinajstić information content (AvgIpc) is 2.63. The van der Waals surface area contributed by atoms with Crippen LogP contribution in [0.5, 0.6) is 17.2 Å². The van der Waals surface area contributed by atoms with Gasteiger partial charge in [-0.2, -0.15) is 0 Å². The lowest BCUT2D eigenvalue weighted by molar-refractivity contribution is -0.385. The molecule has 0 atom stereocenters. The van der Waals surface area contributed by atoms with E-state index in [4.69, 9.17) is 14.2 Å². The summed E-state index contributed by atoms with van der Waals surface area (Å²) in [7, 11) is 1.40. The summed E-state index contributed by atoms with van der Waals surface area (Å²) in [6.45, 7) is 4.29. The van der Waals surface area contributed by atoms with E-state index < -0.39 is 10.8 Å². The van der Waals surface area contributed by atoms with Crippen molar-refractivity contribution in [1.82, 2.24) is 0 Å². The Labute approximate surface area is 150 Å². The minimum atomic E-state index is -0.648. The molecule has 0 aromatic heterocycles. The first-order valence-electron chi connectivity index (χ1n) is 8.04. The van der Waals surface area contributed by atoms with E-state index in [0.29, 0.717) is 24.7 Å². The summed E-state index contributed by atoms with van der Waals surface area (Å²) >= 11 is 0. The molecule has 2 aromatic carbocycles. The first kappa shape index (κ1) is 19.0. The number of rotatable bonds is 8. The number of anilines is 1. The molecule has 26 heavy (non-hydrogen) atoms. The number of nitrogens with zero attached hydrogens (tertiary/aromatic N) is 1. The van der Waals surface area contributed by atoms with Gasteiger partial charge in [0.05, 0.1) is 37.0 Å². The normalized spacial score (nSPS) is 10.1. The zero-order chi connectivity index (χ0) is 19.1. The van der Waals surface area contributed by atoms with Gasteiger partial charge in [0.2, 0.25) is 0 Å². The third kappa shape index (κ3) is 4.21. The Morgan fingerprint density at radius 3 is 2.35 bits per heavy atom. The number of amides is 1. The molecule has 0 aliphatic rings. The van der Waals surface area contributed by atoms with Crippen LogP contribution in [0, 0.1) is 10.1 Å². The van der Waals surface area contributed by atoms with Gasteiger partial charge in [0.25, 0.3) is 11.6 Å². The first-order chi connectivity index (χ1) is 12.5. The minimum absolute atomic E-state index is 0.137. The second kappa shape index (κ2) is 8.70. The number of hydrogen-bond donors (Lipinski definition) is 1. The Morgan fingerprint density at radius 2 is 1.73 bits per heavy atom. The number of nitrogens with one attached hydrogen (secondary N) is 1. The topological polar surface area (TPSA) is 99.9 Å². The maximum atomic E-state index is 12.7. The Bertz CT molecular complexity index is 806. The van der Waals surface area contributed by atoms with Gasteiger partial charge in [0.1, 0.15) is 11.3 Å². The van der Waals surface area contributed by atoms with Crippen LogP contribution >= 0.6 is 0 Å². The predicted molar refractivity (Wildman–Crippen MR) is 96.4 cm³/mol. The Morgan fingerprint density at radius 1 is 1.08 bits per heavy atom. The zero-order valence-corrected chi connectivity index (χ0v) is 14.8. The van der Waals surface area contributed by atoms with Gasteiger partial charge in [0, 0.05) is 6.07 Å². The third-order valence-corrected chi connectivity index (χ3v) is 3.46. The molecule has 1 amide bonds. The molecule has 8 nitrogen and oxygen atoms in total. The standard InChI is InChI=1S/C18H20N2O6/c1-4-25-15-9-7-6-8-13(15)19-18(21)12-10-16(24-3)17(26-5-2)11-14(12)20(22)23/h6-11H,4-5H2,1-3H3,(H,19,21). The lowest BCUT2D eigenvalue weighted by Gasteiger charge is -2.13. The fourth-order valence-corrected chi connectivity index (χ4v) is 2.35. The van der Waals surface area contributed by atoms with E-state index in [1.165, 1.54) is 19.2 Å². The number of ether oxygens (including phenoxy) is 3. The molecule has 0 saturated heterocycles. The average molecular weight is 360 g/mol. The van der Waals surface area contributed by atoms with Crippen molar-refractivity contribution in [3.05, 3.63) is 52.1 Å². The predicted octanol–water partition coefficient (Wildman–Crippen LogP) is 3.65. The maximum Gasteiger partial charge on any atom is 0.286 e. The first-order valence-corrected chi connectivity index (χ1v) is 8.04. The summed E-state index contributed by atoms with van der Waals surface area (Å²) in [5.74, 6) is 0.266. The number of hydrogen-bond acceptors (Lipinski definition) is 6. The molecule has 0 fully saturated rings. The van der Waals surface area contributed by atoms with Gasteiger partial charge in [0.15, 0.2) is 11.5 Å². The van der Waals surface area contributed by atoms with Crippen LogP contribution in [0.1, 0.15) is 24.2 Å². The Kier molecular flexibility index (Phi) is 6.37. The molecule has 2 aromatic rings. The van der Waals surface area contributed by atoms with E-state index in [9.17, 15) is 14.9 Å². The fourth-order valence-electron chi connectivity index (χ4n) is 2.35. The van der Waals surface area contributed by atoms with Crippen LogP contribution in [-0.2, 0) is 0 Å². The van der Waals surface area contributed by atoms with Gasteiger partial charge >= 0.3 is 0 Å². The molecule has 0 saturated carbocycles. The zero-order valence-electron chi connectivity index (χ0n) is 14.8. The van der Waals surface area contributed by atoms with Gasteiger partial charge in [-0.15, -0.1) is 0 Å². The van der Waals surface area contributed by atoms with Gasteiger partial charge < -0.3 is 19.5 Å². The van der Waals surface area contributed by atoms with Crippen LogP contribution < -0.4 is 19.5 Å². The molecule has 138 valence electrons. The molecule has 0 spiro atoms. The summed E-state index contributed by atoms with van der Waals surface area (Å²) < 4.78 is 16.0. The van der Waals surface area contributed by atoms with Crippen molar-refractivity contribution >= 4 is 17.3 Å². The summed E-state index contributed by atoms with van der Waals surface area (Å²) in [4.78, 5) is 23.4. The van der Waals surface area contributed by atoms with Crippen molar-refractivity contribution in [1.29, 1.82) is 0 Å². The molecular formula is C18H20N2O6. The highest BCUT2D eigenvalue weighted by atomic mass is 16.6. The van der Waals surface area contributed by atoms with Crippen LogP contribution in [0.4, 0.5) is 11.4 Å². The molecule has 0 aliphatic heterocycles. The quantitative estimate of drug-likeness (QED) is 0.570. The van der Waals surface area contributed by atoms with E-state index in [2.05, 4.69) is 5.32 Å². The second-order valence-electron chi connectivity index (χ2n) is 5.09. The number of para-hydroxylation sites is 2. The lowest BCUT2D eigenvalue weighted by Crippen LogP contribution is -2.15. The molecule has 2 rings (SSSR count). The SMILES string of the molecule is CCOc1ccccc1NC(=O)c1cc(OC)c(OCC)cc1[N+](=O)[O-]. The van der Waals surface area contributed by atoms with Crippen molar-refractivity contribution < 1.29 is 23.9 Å². The molecular weight excluding hydrogens is 340 g/mol. The maximum absolute atomic E-state index is 12.7. The number of carbonyl (C=O) groups excluding carboxylic acids is 1. The monoisotopic (exact) mass is 360 g/mol. The number of nitro benzene ring substituents is 1. The van der Waals surface area contributed by atoms with Crippen molar-refractivity contribution in [3.63, 3.8) is 0 Å². The molecule has 1 N–H and O–H groups in total. The second-order valence-corrected chi connectivity index (χ2v) is 5.09. The Hall–Kier alpha value is -3.29. The van der Waals surface area contributed by atoms with Crippen molar-refractivity contribution in [2.24, 2.45) is 0 Å². The Balaban J connectivity index is 2.43. The summed E-state index contributed by atoms with van der Waals surface area (Å²) in [6.07, 6.45) is 0. The molecule has 0 aliphatic carbocycles. The van der Waals surface area contributed by atoms with Crippen molar-refractivity contribution in [2.75, 3.05) is 25.6 Å². The van der Waals surface area contributed by atoms with E-state index in [1.54, 1.807) is 31.2 Å². The highest BCUT2D eigenvalue weighted by molar-refractivity contribution is 6.08. The number of carbonyl (C=O) groups is 1. The molecule has 0 heterocycles. The van der Waals surface area contributed by atoms with Gasteiger partial charge in [-0.25, -0.2) is 0 Å². The lowest BCUT2D eigenvalue weighted by atomic mass is 10.1. The number of nitro groups is 1. The van der Waals surface area contributed by atoms with Crippen LogP contribution in [0.3, 0.4) is 0 Å². The van der Waals surface area contributed by atoms with E-state index in [-0.39, 0.29) is 22.7 Å². The minimum Gasteiger partial charge on any atom is -0.493 e. The molecule has 0 bridgehead atoms. The smallest absolute Gasteiger partial charge is 0.286 e. The van der Waals surface area contributed by atoms with Crippen LogP contribution in [0.15, 0.2) is 36.4 Å². The van der Waals surface area contributed by atoms with Crippen LogP contribution in [-0.4, -0.2) is 31.2 Å². The summed E-state index contributed by atoms with van der Waals surface area (Å²) in [5.41, 5.74) is -0.0938. The van der Waals surface area contributed by atoms with Gasteiger partial charge in [-0.05, 0) is 26.0 Å². The third-order valence-electron chi connectivity index (χ3n) is 3.46. The number of benzene rings is 2. The van der Waals surface area contributed by atoms with E-state index in [0.717, 1.165) is 0 Å². The van der Waals surface area contributed by atoms with E-state index >= 15 is 0 Å². The van der Waals surface area contributed by atoms with E-state index in [1.807, 2.05) is 6.92 Å². The summed E-state index contributed by atoms with van der Waals surface area (Å²) in [5, 5.41) is 14.1. The highest BCUT2D eigenvalue weighted by Gasteiger charge is 2.25. The van der Waals surface area contributed by atoms with Crippen molar-refractivity contribution in [2.45, 2.75) is 13.8 Å². The molecule has 0 unspecified atom stereocenters. The number of methoxy groups -OCH3 is 1. The van der Waals surface area contributed by atoms with Crippen LogP contribution in [0.25, 0.3) is 0 Å². The molecule has 0 radical (unpaired) electrons. The molecule has 8 heteroatoms.